The number of hydrogen-bond donors (Lipinski definition) is 20. The van der Waals surface area contributed by atoms with Crippen LogP contribution < -0.4 is 0 Å². The van der Waals surface area contributed by atoms with Crippen molar-refractivity contribution in [2.75, 3.05) is 72.4 Å². The quantitative estimate of drug-likeness (QED) is 0.102. The van der Waals surface area contributed by atoms with Crippen molar-refractivity contribution in [2.24, 2.45) is 0 Å². The van der Waals surface area contributed by atoms with Gasteiger partial charge >= 0.3 is 0 Å². The first-order valence-corrected chi connectivity index (χ1v) is 28.3. The minimum Gasteiger partial charge on any atom is -0.394 e. The molecule has 35 atom stereocenters. The van der Waals surface area contributed by atoms with E-state index in [1.165, 1.54) is 0 Å². The van der Waals surface area contributed by atoms with Crippen molar-refractivity contribution >= 4 is 0 Å². The molecule has 22 rings (SSSR count). The van der Waals surface area contributed by atoms with Gasteiger partial charge in [-0.3, -0.25) is 9.80 Å². The molecule has 22 fully saturated rings. The summed E-state index contributed by atoms with van der Waals surface area (Å²) in [5.74, 6) is 0. The van der Waals surface area contributed by atoms with Gasteiger partial charge in [0.1, 0.15) is 171 Å². The molecule has 0 amide bonds. The van der Waals surface area contributed by atoms with Gasteiger partial charge in [0.15, 0.2) is 44.0 Å². The Bertz CT molecular complexity index is 2050. The van der Waals surface area contributed by atoms with Crippen LogP contribution in [0.4, 0.5) is 0 Å². The molecule has 22 saturated heterocycles. The molecule has 494 valence electrons. The van der Waals surface area contributed by atoms with Gasteiger partial charge in [0.05, 0.1) is 39.6 Å². The fourth-order valence-electron chi connectivity index (χ4n) is 12.1. The number of hydrogen-bond acceptors (Lipinski definition) is 36. The molecule has 0 saturated carbocycles. The summed E-state index contributed by atoms with van der Waals surface area (Å²) in [4.78, 5) is 4.12. The van der Waals surface area contributed by atoms with E-state index >= 15 is 0 Å². The van der Waals surface area contributed by atoms with Crippen molar-refractivity contribution in [1.29, 1.82) is 0 Å². The highest BCUT2D eigenvalue weighted by Crippen LogP contribution is 2.39. The highest BCUT2D eigenvalue weighted by Gasteiger charge is 2.60. The van der Waals surface area contributed by atoms with Crippen LogP contribution in [0.5, 0.6) is 0 Å². The lowest BCUT2D eigenvalue weighted by atomic mass is 9.95. The highest BCUT2D eigenvalue weighted by atomic mass is 16.8. The summed E-state index contributed by atoms with van der Waals surface area (Å²) in [6.45, 7) is -0.139. The third kappa shape index (κ3) is 13.9. The zero-order valence-corrected chi connectivity index (χ0v) is 46.1. The van der Waals surface area contributed by atoms with Crippen molar-refractivity contribution in [3.63, 3.8) is 0 Å². The molecule has 0 aromatic rings. The molecule has 14 bridgehead atoms. The number of aliphatic hydroxyl groups is 20. The predicted octanol–water partition coefficient (Wildman–Crippen LogP) is -14.2. The first-order valence-electron chi connectivity index (χ1n) is 28.3. The van der Waals surface area contributed by atoms with E-state index in [2.05, 4.69) is 4.90 Å². The van der Waals surface area contributed by atoms with Crippen molar-refractivity contribution < 1.29 is 168 Å². The molecule has 20 N–H and O–H groups in total. The molecule has 85 heavy (non-hydrogen) atoms. The Kier molecular flexibility index (Phi) is 23.2. The third-order valence-corrected chi connectivity index (χ3v) is 17.2. The monoisotopic (exact) mass is 1240 g/mol. The second-order valence-electron chi connectivity index (χ2n) is 22.9. The molecule has 0 spiro atoms. The molecular weight excluding hydrogens is 1160 g/mol. The normalized spacial score (nSPS) is 52.9. The summed E-state index contributed by atoms with van der Waals surface area (Å²) in [6, 6.07) is 0.188. The molecular formula is C49H84N2O34. The molecule has 36 nitrogen and oxygen atoms in total. The van der Waals surface area contributed by atoms with Gasteiger partial charge in [-0.05, 0) is 13.8 Å². The maximum atomic E-state index is 11.9. The first-order chi connectivity index (χ1) is 40.5. The van der Waals surface area contributed by atoms with Gasteiger partial charge in [-0.2, -0.15) is 0 Å². The van der Waals surface area contributed by atoms with E-state index in [0.29, 0.717) is 26.2 Å². The summed E-state index contributed by atoms with van der Waals surface area (Å²) in [6.07, 6.45) is -68.7. The number of nitrogens with zero attached hydrogens (tertiary/aromatic N) is 2. The van der Waals surface area contributed by atoms with Gasteiger partial charge in [0, 0.05) is 38.8 Å². The number of ether oxygens (including phenoxy) is 14. The zero-order valence-electron chi connectivity index (χ0n) is 46.1. The summed E-state index contributed by atoms with van der Waals surface area (Å²) in [5, 5.41) is 224. The second kappa shape index (κ2) is 29.0. The van der Waals surface area contributed by atoms with Crippen LogP contribution in [0, 0.1) is 0 Å². The van der Waals surface area contributed by atoms with Crippen LogP contribution in [0.15, 0.2) is 0 Å². The predicted molar refractivity (Wildman–Crippen MR) is 264 cm³/mol. The highest BCUT2D eigenvalue weighted by molar-refractivity contribution is 5.02. The Morgan fingerprint density at radius 1 is 0.259 bits per heavy atom. The minimum absolute atomic E-state index is 0.0825. The van der Waals surface area contributed by atoms with Crippen LogP contribution in [-0.4, -0.2) is 405 Å². The van der Waals surface area contributed by atoms with E-state index in [9.17, 15) is 102 Å². The van der Waals surface area contributed by atoms with Crippen LogP contribution in [0.3, 0.4) is 0 Å². The largest absolute Gasteiger partial charge is 0.394 e. The van der Waals surface area contributed by atoms with Crippen molar-refractivity contribution in [3.8, 4) is 0 Å². The molecule has 22 aliphatic heterocycles. The Labute approximate surface area is 484 Å². The molecule has 0 aliphatic carbocycles. The maximum absolute atomic E-state index is 11.9. The Hall–Kier alpha value is -1.44. The van der Waals surface area contributed by atoms with Gasteiger partial charge in [0.2, 0.25) is 0 Å². The van der Waals surface area contributed by atoms with Gasteiger partial charge in [-0.25, -0.2) is 0 Å². The summed E-state index contributed by atoms with van der Waals surface area (Å²) in [7, 11) is 0. The standard InChI is InChI=1S/C49H84N2O34/c1-14(2)51-5-3-50(4-6-51)7-15-36-22(58)29(65)43(72-15)80-37-16(8-52)74-45(31(67)24(37)60)82-39-18(10-54)76-47(33(69)26(39)62)84-41-20(12-56)78-49(35(71)28(41)64)85-42-21(13-57)77-48(34(70)27(42)63)83-40-19(11-55)75-46(32(68)25(40)61)81-38-17(9-53)73-44(79-36)30(66)23(38)59/h14-49,52-71H,3-13H2,1-2H3. The molecule has 22 heterocycles. The van der Waals surface area contributed by atoms with Crippen molar-refractivity contribution in [3.05, 3.63) is 0 Å². The average Bonchev–Trinajstić information content (AvgIpc) is 2.09. The second-order valence-corrected chi connectivity index (χ2v) is 22.9. The number of piperazine rings is 1. The van der Waals surface area contributed by atoms with Crippen LogP contribution >= 0.6 is 0 Å². The topological polar surface area (TPSA) is 540 Å². The van der Waals surface area contributed by atoms with Crippen LogP contribution in [-0.2, 0) is 66.3 Å². The van der Waals surface area contributed by atoms with Crippen molar-refractivity contribution in [2.45, 2.75) is 235 Å². The fraction of sp³-hybridized carbons (Fsp3) is 1.00. The lowest BCUT2D eigenvalue weighted by molar-refractivity contribution is -0.396. The Morgan fingerprint density at radius 2 is 0.435 bits per heavy atom. The summed E-state index contributed by atoms with van der Waals surface area (Å²) < 4.78 is 81.9. The van der Waals surface area contributed by atoms with E-state index in [1.807, 2.05) is 18.7 Å². The van der Waals surface area contributed by atoms with Gasteiger partial charge < -0.3 is 168 Å². The van der Waals surface area contributed by atoms with E-state index in [1.54, 1.807) is 0 Å². The number of aliphatic hydroxyl groups excluding tert-OH is 20. The minimum atomic E-state index is -2.20. The van der Waals surface area contributed by atoms with E-state index < -0.39 is 255 Å². The summed E-state index contributed by atoms with van der Waals surface area (Å²) >= 11 is 0. The third-order valence-electron chi connectivity index (χ3n) is 17.2. The van der Waals surface area contributed by atoms with E-state index in [0.717, 1.165) is 0 Å². The van der Waals surface area contributed by atoms with Gasteiger partial charge in [-0.1, -0.05) is 0 Å². The summed E-state index contributed by atoms with van der Waals surface area (Å²) in [5.41, 5.74) is 0. The molecule has 0 aromatic heterocycles. The molecule has 0 radical (unpaired) electrons. The first kappa shape index (κ1) is 67.9. The maximum Gasteiger partial charge on any atom is 0.187 e. The lowest BCUT2D eigenvalue weighted by Gasteiger charge is -2.50. The molecule has 36 heteroatoms. The van der Waals surface area contributed by atoms with E-state index in [-0.39, 0.29) is 12.6 Å². The van der Waals surface area contributed by atoms with Crippen molar-refractivity contribution in [1.82, 2.24) is 9.80 Å². The van der Waals surface area contributed by atoms with Crippen LogP contribution in [0.2, 0.25) is 0 Å². The fourth-order valence-corrected chi connectivity index (χ4v) is 12.1. The smallest absolute Gasteiger partial charge is 0.187 e. The van der Waals surface area contributed by atoms with Gasteiger partial charge in [0.25, 0.3) is 0 Å². The Morgan fingerprint density at radius 3 is 0.612 bits per heavy atom. The molecule has 0 aromatic carbocycles. The van der Waals surface area contributed by atoms with Crippen LogP contribution in [0.25, 0.3) is 0 Å². The lowest BCUT2D eigenvalue weighted by Crippen LogP contribution is -2.68. The van der Waals surface area contributed by atoms with Crippen LogP contribution in [0.1, 0.15) is 13.8 Å². The number of rotatable bonds is 9. The Balaban J connectivity index is 1.01. The molecule has 22 aliphatic rings. The average molecular weight is 1250 g/mol. The van der Waals surface area contributed by atoms with Gasteiger partial charge in [-0.15, -0.1) is 0 Å². The van der Waals surface area contributed by atoms with E-state index in [4.69, 9.17) is 66.3 Å². The molecule has 35 unspecified atom stereocenters. The zero-order chi connectivity index (χ0) is 61.6. The SMILES string of the molecule is CC(C)N1CCN(CC2OC3OC4C(CO)OC(OC5C(CO)OC(OC6C(CO)OC(OC7C(CO)OC(OC8C(CO)OC(OC9C(CO)OC(OC2C(O)C3O)C(O)C9O)C(O)C8O)C(O)C7O)C(O)C6O)C(O)C5O)C(O)C4O)CC1.